The molecule has 0 saturated heterocycles. The van der Waals surface area contributed by atoms with Gasteiger partial charge in [0.2, 0.25) is 0 Å². The Kier molecular flexibility index (Phi) is 61.0. The number of aliphatic hydroxyl groups is 1. The fourth-order valence-electron chi connectivity index (χ4n) is 9.83. The third kappa shape index (κ3) is 64.2. The Labute approximate surface area is 553 Å². The molecule has 0 aromatic carbocycles. The van der Waals surface area contributed by atoms with Gasteiger partial charge in [0.05, 0.1) is 26.4 Å². The van der Waals surface area contributed by atoms with Crippen LogP contribution in [-0.2, 0) is 65.4 Å². The number of phosphoric ester groups is 2. The Morgan fingerprint density at radius 3 is 0.978 bits per heavy atom. The van der Waals surface area contributed by atoms with E-state index >= 15 is 0 Å². The minimum Gasteiger partial charge on any atom is -0.462 e. The average molecular weight is 1330 g/mol. The van der Waals surface area contributed by atoms with E-state index in [4.69, 9.17) is 37.0 Å². The number of carbonyl (C=O) groups is 4. The third-order valence-electron chi connectivity index (χ3n) is 15.8. The number of hydrogen-bond donors (Lipinski definition) is 3. The van der Waals surface area contributed by atoms with Gasteiger partial charge in [0, 0.05) is 25.7 Å². The number of allylic oxidation sites excluding steroid dienone is 8. The van der Waals surface area contributed by atoms with Crippen molar-refractivity contribution in [3.05, 3.63) is 48.6 Å². The molecule has 19 heteroatoms. The van der Waals surface area contributed by atoms with Crippen LogP contribution in [0.3, 0.4) is 0 Å². The minimum absolute atomic E-state index is 0.0813. The highest BCUT2D eigenvalue weighted by Gasteiger charge is 2.30. The van der Waals surface area contributed by atoms with Crippen molar-refractivity contribution >= 4 is 39.5 Å². The van der Waals surface area contributed by atoms with Crippen molar-refractivity contribution in [1.82, 2.24) is 0 Å². The summed E-state index contributed by atoms with van der Waals surface area (Å²) in [4.78, 5) is 72.5. The lowest BCUT2D eigenvalue weighted by atomic mass is 9.99. The van der Waals surface area contributed by atoms with Crippen LogP contribution in [0.5, 0.6) is 0 Å². The fourth-order valence-corrected chi connectivity index (χ4v) is 11.4. The zero-order valence-corrected chi connectivity index (χ0v) is 59.9. The standard InChI is InChI=1S/C72H132O17P2/c1-7-10-12-14-16-18-20-22-24-26-28-30-35-42-48-54-69(74)82-60-67(89-72(77)57-51-45-37-33-32-34-41-47-53-65(6)9-3)62-86-90(78,79)84-58-66(73)59-85-91(80,81)87-63-68(61-83-70(75)55-49-43-39-38-40-46-52-64(4)5)88-71(76)56-50-44-36-31-29-27-25-23-21-19-17-15-13-11-8-2/h18-25,64-68,73H,7-17,26-63H2,1-6H3,(H,78,79)(H,80,81)/b20-18-,21-19-,24-22-,25-23-/t65?,66-,67-,68-/m1/s1. The summed E-state index contributed by atoms with van der Waals surface area (Å²) in [6.07, 6.45) is 54.5. The van der Waals surface area contributed by atoms with E-state index in [1.165, 1.54) is 96.3 Å². The SMILES string of the molecule is CCCCCC/C=C\C=C/CCCCCCCC(=O)OC[C@H](COP(=O)(O)OC[C@@H](O)COP(=O)(O)OC[C@@H](COC(=O)CCCCCCCCC(C)C)OC(=O)CCCCCCC/C=C\C=C/CCCCCC)OC(=O)CCCCCCCCCCC(C)CC. The number of ether oxygens (including phenoxy) is 4. The molecule has 0 amide bonds. The highest BCUT2D eigenvalue weighted by atomic mass is 31.2. The summed E-state index contributed by atoms with van der Waals surface area (Å²) >= 11 is 0. The van der Waals surface area contributed by atoms with Crippen molar-refractivity contribution in [3.63, 3.8) is 0 Å². The van der Waals surface area contributed by atoms with Gasteiger partial charge in [0.15, 0.2) is 12.2 Å². The maximum Gasteiger partial charge on any atom is 0.472 e. The van der Waals surface area contributed by atoms with Crippen LogP contribution in [0.4, 0.5) is 0 Å². The zero-order valence-electron chi connectivity index (χ0n) is 58.1. The van der Waals surface area contributed by atoms with E-state index in [1.54, 1.807) is 0 Å². The van der Waals surface area contributed by atoms with E-state index in [1.807, 2.05) is 0 Å². The first kappa shape index (κ1) is 88.0. The second kappa shape index (κ2) is 63.1. The molecule has 3 N–H and O–H groups in total. The smallest absolute Gasteiger partial charge is 0.462 e. The molecule has 0 radical (unpaired) electrons. The molecule has 0 saturated carbocycles. The van der Waals surface area contributed by atoms with E-state index in [0.717, 1.165) is 134 Å². The van der Waals surface area contributed by atoms with Gasteiger partial charge in [0.25, 0.3) is 0 Å². The predicted molar refractivity (Wildman–Crippen MR) is 367 cm³/mol. The predicted octanol–water partition coefficient (Wildman–Crippen LogP) is 19.9. The quantitative estimate of drug-likeness (QED) is 0.0169. The summed E-state index contributed by atoms with van der Waals surface area (Å²) in [7, 11) is -9.93. The van der Waals surface area contributed by atoms with E-state index < -0.39 is 97.5 Å². The largest absolute Gasteiger partial charge is 0.472 e. The Morgan fingerprint density at radius 1 is 0.363 bits per heavy atom. The van der Waals surface area contributed by atoms with Crippen molar-refractivity contribution in [2.24, 2.45) is 11.8 Å². The number of carbonyl (C=O) groups excluding carboxylic acids is 4. The van der Waals surface area contributed by atoms with E-state index in [-0.39, 0.29) is 25.7 Å². The number of aliphatic hydroxyl groups excluding tert-OH is 1. The number of phosphoric acid groups is 2. The second-order valence-electron chi connectivity index (χ2n) is 25.3. The Hall–Kier alpha value is -2.98. The van der Waals surface area contributed by atoms with Crippen molar-refractivity contribution in [3.8, 4) is 0 Å². The monoisotopic (exact) mass is 1330 g/mol. The molecule has 3 unspecified atom stereocenters. The number of rotatable bonds is 67. The van der Waals surface area contributed by atoms with Gasteiger partial charge in [-0.3, -0.25) is 37.3 Å². The van der Waals surface area contributed by atoms with Gasteiger partial charge in [0.1, 0.15) is 19.3 Å². The van der Waals surface area contributed by atoms with Gasteiger partial charge in [-0.15, -0.1) is 0 Å². The van der Waals surface area contributed by atoms with Gasteiger partial charge < -0.3 is 33.8 Å². The summed E-state index contributed by atoms with van der Waals surface area (Å²) < 4.78 is 68.2. The maximum absolute atomic E-state index is 13.0. The van der Waals surface area contributed by atoms with Crippen LogP contribution >= 0.6 is 15.6 Å². The van der Waals surface area contributed by atoms with Crippen LogP contribution in [-0.4, -0.2) is 96.7 Å². The number of esters is 4. The van der Waals surface area contributed by atoms with E-state index in [0.29, 0.717) is 31.6 Å². The van der Waals surface area contributed by atoms with Gasteiger partial charge >= 0.3 is 39.5 Å². The van der Waals surface area contributed by atoms with Crippen molar-refractivity contribution in [2.75, 3.05) is 39.6 Å². The van der Waals surface area contributed by atoms with Crippen LogP contribution in [0, 0.1) is 11.8 Å². The maximum atomic E-state index is 13.0. The van der Waals surface area contributed by atoms with Crippen LogP contribution in [0.25, 0.3) is 0 Å². The second-order valence-corrected chi connectivity index (χ2v) is 28.2. The topological polar surface area (TPSA) is 237 Å². The fraction of sp³-hybridized carbons (Fsp3) is 0.833. The molecular weight excluding hydrogens is 1200 g/mol. The molecule has 0 aliphatic carbocycles. The van der Waals surface area contributed by atoms with E-state index in [2.05, 4.69) is 90.2 Å². The Balaban J connectivity index is 5.31. The molecule has 532 valence electrons. The highest BCUT2D eigenvalue weighted by Crippen LogP contribution is 2.45. The van der Waals surface area contributed by atoms with Crippen molar-refractivity contribution in [2.45, 2.75) is 336 Å². The number of unbranched alkanes of at least 4 members (excludes halogenated alkanes) is 30. The lowest BCUT2D eigenvalue weighted by Crippen LogP contribution is -2.30. The molecule has 0 aliphatic heterocycles. The molecule has 17 nitrogen and oxygen atoms in total. The lowest BCUT2D eigenvalue weighted by Gasteiger charge is -2.21. The molecule has 91 heavy (non-hydrogen) atoms. The van der Waals surface area contributed by atoms with Crippen molar-refractivity contribution < 1.29 is 80.2 Å². The lowest BCUT2D eigenvalue weighted by molar-refractivity contribution is -0.161. The van der Waals surface area contributed by atoms with E-state index in [9.17, 15) is 43.2 Å². The summed E-state index contributed by atoms with van der Waals surface area (Å²) in [6, 6.07) is 0. The van der Waals surface area contributed by atoms with Crippen molar-refractivity contribution in [1.29, 1.82) is 0 Å². The summed E-state index contributed by atoms with van der Waals surface area (Å²) in [5, 5.41) is 10.6. The molecular formula is C72H132O17P2. The van der Waals surface area contributed by atoms with Gasteiger partial charge in [-0.05, 0) is 88.9 Å². The summed E-state index contributed by atoms with van der Waals surface area (Å²) in [6.45, 7) is 9.33. The first-order valence-corrected chi connectivity index (χ1v) is 39.2. The van der Waals surface area contributed by atoms with Crippen LogP contribution < -0.4 is 0 Å². The Morgan fingerprint density at radius 2 is 0.648 bits per heavy atom. The van der Waals surface area contributed by atoms with Gasteiger partial charge in [-0.25, -0.2) is 9.13 Å². The molecule has 6 atom stereocenters. The van der Waals surface area contributed by atoms with Crippen LogP contribution in [0.1, 0.15) is 318 Å². The molecule has 0 rings (SSSR count). The minimum atomic E-state index is -4.96. The molecule has 0 aromatic rings. The first-order chi connectivity index (χ1) is 43.9. The molecule has 0 spiro atoms. The molecule has 0 aliphatic rings. The third-order valence-corrected chi connectivity index (χ3v) is 17.7. The summed E-state index contributed by atoms with van der Waals surface area (Å²) in [5.74, 6) is -0.748. The molecule has 0 fully saturated rings. The van der Waals surface area contributed by atoms with Crippen LogP contribution in [0.15, 0.2) is 48.6 Å². The zero-order chi connectivity index (χ0) is 67.2. The van der Waals surface area contributed by atoms with Crippen LogP contribution in [0.2, 0.25) is 0 Å². The molecule has 0 bridgehead atoms. The first-order valence-electron chi connectivity index (χ1n) is 36.2. The molecule has 0 aromatic heterocycles. The van der Waals surface area contributed by atoms with Gasteiger partial charge in [-0.1, -0.05) is 264 Å². The van der Waals surface area contributed by atoms with Gasteiger partial charge in [-0.2, -0.15) is 0 Å². The number of hydrogen-bond acceptors (Lipinski definition) is 15. The highest BCUT2D eigenvalue weighted by molar-refractivity contribution is 7.47. The average Bonchev–Trinajstić information content (AvgIpc) is 3.49. The summed E-state index contributed by atoms with van der Waals surface area (Å²) in [5.41, 5.74) is 0. The Bertz CT molecular complexity index is 1960. The molecule has 0 heterocycles. The normalized spacial score (nSPS) is 14.7.